The van der Waals surface area contributed by atoms with Gasteiger partial charge in [-0.3, -0.25) is 4.90 Å². The monoisotopic (exact) mass is 204 g/mol. The molecule has 2 aliphatic heterocycles. The zero-order valence-corrected chi connectivity index (χ0v) is 8.67. The normalized spacial score (nSPS) is 34.9. The number of nitrogens with two attached hydrogens (primary N) is 1. The molecule has 80 valence electrons. The van der Waals surface area contributed by atoms with E-state index in [2.05, 4.69) is 35.2 Å². The van der Waals surface area contributed by atoms with E-state index in [0.717, 1.165) is 19.7 Å². The van der Waals surface area contributed by atoms with E-state index in [1.54, 1.807) is 0 Å². The van der Waals surface area contributed by atoms with E-state index < -0.39 is 0 Å². The quantitative estimate of drug-likeness (QED) is 0.766. The summed E-state index contributed by atoms with van der Waals surface area (Å²) < 4.78 is 5.57. The lowest BCUT2D eigenvalue weighted by molar-refractivity contribution is 0.0268. The molecule has 0 aromatic heterocycles. The van der Waals surface area contributed by atoms with Crippen molar-refractivity contribution in [3.8, 4) is 0 Å². The van der Waals surface area contributed by atoms with Crippen LogP contribution in [0.3, 0.4) is 0 Å². The van der Waals surface area contributed by atoms with Gasteiger partial charge in [0.05, 0.1) is 18.8 Å². The molecule has 3 unspecified atom stereocenters. The summed E-state index contributed by atoms with van der Waals surface area (Å²) in [5, 5.41) is 0. The second-order valence-electron chi connectivity index (χ2n) is 4.43. The molecule has 2 aliphatic rings. The Morgan fingerprint density at radius 2 is 2.13 bits per heavy atom. The van der Waals surface area contributed by atoms with Crippen molar-refractivity contribution >= 4 is 0 Å². The molecule has 1 aromatic rings. The van der Waals surface area contributed by atoms with Gasteiger partial charge in [0.15, 0.2) is 0 Å². The Morgan fingerprint density at radius 1 is 1.33 bits per heavy atom. The number of benzene rings is 1. The Morgan fingerprint density at radius 3 is 2.73 bits per heavy atom. The van der Waals surface area contributed by atoms with Crippen LogP contribution in [0.25, 0.3) is 0 Å². The number of morpholine rings is 1. The molecule has 2 bridgehead atoms. The summed E-state index contributed by atoms with van der Waals surface area (Å²) in [6, 6.07) is 11.2. The first-order valence-corrected chi connectivity index (χ1v) is 5.50. The van der Waals surface area contributed by atoms with Gasteiger partial charge in [0, 0.05) is 19.1 Å². The molecule has 0 aliphatic carbocycles. The van der Waals surface area contributed by atoms with Crippen LogP contribution in [0.1, 0.15) is 5.56 Å². The molecule has 0 radical (unpaired) electrons. The van der Waals surface area contributed by atoms with Crippen molar-refractivity contribution in [2.24, 2.45) is 5.73 Å². The van der Waals surface area contributed by atoms with Crippen LogP contribution in [-0.4, -0.2) is 36.2 Å². The first kappa shape index (κ1) is 9.33. The number of ether oxygens (including phenoxy) is 1. The first-order valence-electron chi connectivity index (χ1n) is 5.50. The van der Waals surface area contributed by atoms with E-state index in [1.165, 1.54) is 5.56 Å². The zero-order chi connectivity index (χ0) is 10.3. The van der Waals surface area contributed by atoms with Crippen molar-refractivity contribution in [1.82, 2.24) is 4.90 Å². The maximum atomic E-state index is 6.06. The molecule has 3 heteroatoms. The van der Waals surface area contributed by atoms with Crippen LogP contribution in [0.4, 0.5) is 0 Å². The van der Waals surface area contributed by atoms with Crippen LogP contribution < -0.4 is 5.73 Å². The van der Waals surface area contributed by atoms with Gasteiger partial charge in [-0.05, 0) is 5.56 Å². The standard InChI is InChI=1S/C12H16N2O/c13-12-10-8-15-11(12)7-14(10)6-9-4-2-1-3-5-9/h1-5,10-12H,6-8,13H2. The highest BCUT2D eigenvalue weighted by Crippen LogP contribution is 2.28. The smallest absolute Gasteiger partial charge is 0.0869 e. The van der Waals surface area contributed by atoms with E-state index >= 15 is 0 Å². The number of nitrogens with zero attached hydrogens (tertiary/aromatic N) is 1. The maximum absolute atomic E-state index is 6.06. The lowest BCUT2D eigenvalue weighted by Crippen LogP contribution is -2.39. The fourth-order valence-electron chi connectivity index (χ4n) is 2.58. The van der Waals surface area contributed by atoms with Gasteiger partial charge in [0.25, 0.3) is 0 Å². The van der Waals surface area contributed by atoms with Crippen LogP contribution >= 0.6 is 0 Å². The molecule has 2 heterocycles. The van der Waals surface area contributed by atoms with Crippen molar-refractivity contribution in [2.45, 2.75) is 24.7 Å². The third-order valence-corrected chi connectivity index (χ3v) is 3.47. The molecule has 3 atom stereocenters. The summed E-state index contributed by atoms with van der Waals surface area (Å²) in [6.45, 7) is 2.79. The largest absolute Gasteiger partial charge is 0.374 e. The molecule has 2 fully saturated rings. The van der Waals surface area contributed by atoms with E-state index in [-0.39, 0.29) is 12.1 Å². The van der Waals surface area contributed by atoms with Crippen LogP contribution in [0, 0.1) is 0 Å². The maximum Gasteiger partial charge on any atom is 0.0869 e. The van der Waals surface area contributed by atoms with Crippen molar-refractivity contribution in [3.05, 3.63) is 35.9 Å². The lowest BCUT2D eigenvalue weighted by atomic mass is 10.1. The summed E-state index contributed by atoms with van der Waals surface area (Å²) >= 11 is 0. The van der Waals surface area contributed by atoms with Gasteiger partial charge in [-0.1, -0.05) is 30.3 Å². The van der Waals surface area contributed by atoms with Crippen LogP contribution in [-0.2, 0) is 11.3 Å². The molecule has 2 N–H and O–H groups in total. The first-order chi connectivity index (χ1) is 7.34. The average molecular weight is 204 g/mol. The van der Waals surface area contributed by atoms with Gasteiger partial charge in [-0.25, -0.2) is 0 Å². The van der Waals surface area contributed by atoms with Gasteiger partial charge >= 0.3 is 0 Å². The number of likely N-dealkylation sites (tertiary alicyclic amines) is 1. The minimum absolute atomic E-state index is 0.216. The molecular weight excluding hydrogens is 188 g/mol. The highest BCUT2D eigenvalue weighted by atomic mass is 16.5. The average Bonchev–Trinajstić information content (AvgIpc) is 2.75. The Kier molecular flexibility index (Phi) is 2.24. The Balaban J connectivity index is 1.71. The number of hydrogen-bond donors (Lipinski definition) is 1. The highest BCUT2D eigenvalue weighted by Gasteiger charge is 2.45. The summed E-state index contributed by atoms with van der Waals surface area (Å²) in [6.07, 6.45) is 0.263. The van der Waals surface area contributed by atoms with Gasteiger partial charge in [-0.15, -0.1) is 0 Å². The highest BCUT2D eigenvalue weighted by molar-refractivity contribution is 5.16. The Hall–Kier alpha value is -0.900. The van der Waals surface area contributed by atoms with E-state index in [9.17, 15) is 0 Å². The van der Waals surface area contributed by atoms with E-state index in [4.69, 9.17) is 10.5 Å². The van der Waals surface area contributed by atoms with Gasteiger partial charge in [-0.2, -0.15) is 0 Å². The predicted molar refractivity (Wildman–Crippen MR) is 58.4 cm³/mol. The van der Waals surface area contributed by atoms with Gasteiger partial charge < -0.3 is 10.5 Å². The lowest BCUT2D eigenvalue weighted by Gasteiger charge is -2.26. The Labute approximate surface area is 89.8 Å². The zero-order valence-electron chi connectivity index (χ0n) is 8.67. The fraction of sp³-hybridized carbons (Fsp3) is 0.500. The molecule has 0 spiro atoms. The van der Waals surface area contributed by atoms with Crippen molar-refractivity contribution < 1.29 is 4.74 Å². The summed E-state index contributed by atoms with van der Waals surface area (Å²) in [4.78, 5) is 2.44. The molecule has 3 rings (SSSR count). The molecular formula is C12H16N2O. The Bertz CT molecular complexity index is 341. The second kappa shape index (κ2) is 3.59. The molecule has 0 saturated carbocycles. The number of hydrogen-bond acceptors (Lipinski definition) is 3. The van der Waals surface area contributed by atoms with Gasteiger partial charge in [0.2, 0.25) is 0 Å². The van der Waals surface area contributed by atoms with Gasteiger partial charge in [0.1, 0.15) is 0 Å². The summed E-state index contributed by atoms with van der Waals surface area (Å²) in [5.41, 5.74) is 7.42. The van der Waals surface area contributed by atoms with Crippen LogP contribution in [0.2, 0.25) is 0 Å². The van der Waals surface area contributed by atoms with E-state index in [1.807, 2.05) is 0 Å². The molecule has 15 heavy (non-hydrogen) atoms. The summed E-state index contributed by atoms with van der Waals surface area (Å²) in [7, 11) is 0. The van der Waals surface area contributed by atoms with Crippen molar-refractivity contribution in [2.75, 3.05) is 13.2 Å². The second-order valence-corrected chi connectivity index (χ2v) is 4.43. The van der Waals surface area contributed by atoms with Crippen molar-refractivity contribution in [1.29, 1.82) is 0 Å². The molecule has 2 saturated heterocycles. The SMILES string of the molecule is NC1C2CN(Cc3ccccc3)C1CO2. The molecule has 3 nitrogen and oxygen atoms in total. The molecule has 0 amide bonds. The third kappa shape index (κ3) is 1.57. The van der Waals surface area contributed by atoms with E-state index in [0.29, 0.717) is 6.04 Å². The minimum Gasteiger partial charge on any atom is -0.374 e. The summed E-state index contributed by atoms with van der Waals surface area (Å²) in [5.74, 6) is 0. The topological polar surface area (TPSA) is 38.5 Å². The number of rotatable bonds is 2. The van der Waals surface area contributed by atoms with Crippen LogP contribution in [0.15, 0.2) is 30.3 Å². The number of fused-ring (bicyclic) bond motifs is 2. The predicted octanol–water partition coefficient (Wildman–Crippen LogP) is 0.597. The fourth-order valence-corrected chi connectivity index (χ4v) is 2.58. The minimum atomic E-state index is 0.216. The molecule has 1 aromatic carbocycles. The van der Waals surface area contributed by atoms with Crippen LogP contribution in [0.5, 0.6) is 0 Å². The third-order valence-electron chi connectivity index (χ3n) is 3.47. The van der Waals surface area contributed by atoms with Crippen molar-refractivity contribution in [3.63, 3.8) is 0 Å².